The van der Waals surface area contributed by atoms with Crippen LogP contribution in [0.3, 0.4) is 0 Å². The van der Waals surface area contributed by atoms with Crippen molar-refractivity contribution in [2.45, 2.75) is 26.2 Å². The lowest BCUT2D eigenvalue weighted by atomic mass is 9.90. The zero-order valence-corrected chi connectivity index (χ0v) is 24.4. The Morgan fingerprint density at radius 1 is 1.02 bits per heavy atom. The molecule has 2 aliphatic rings. The summed E-state index contributed by atoms with van der Waals surface area (Å²) in [7, 11) is 0. The van der Waals surface area contributed by atoms with Crippen LogP contribution in [0.2, 0.25) is 5.02 Å². The van der Waals surface area contributed by atoms with E-state index in [-0.39, 0.29) is 5.91 Å². The molecule has 3 aromatic carbocycles. The van der Waals surface area contributed by atoms with Gasteiger partial charge in [0.25, 0.3) is 5.91 Å². The highest BCUT2D eigenvalue weighted by atomic mass is 35.5. The van der Waals surface area contributed by atoms with Gasteiger partial charge in [0.15, 0.2) is 5.17 Å². The Kier molecular flexibility index (Phi) is 8.26. The van der Waals surface area contributed by atoms with Crippen molar-refractivity contribution in [2.75, 3.05) is 19.7 Å². The van der Waals surface area contributed by atoms with Crippen molar-refractivity contribution in [2.24, 2.45) is 10.9 Å². The fourth-order valence-electron chi connectivity index (χ4n) is 5.30. The van der Waals surface area contributed by atoms with Crippen molar-refractivity contribution < 1.29 is 9.53 Å². The smallest absolute Gasteiger partial charge is 0.286 e. The molecule has 0 spiro atoms. The van der Waals surface area contributed by atoms with Crippen molar-refractivity contribution in [3.8, 4) is 22.7 Å². The number of piperidine rings is 1. The number of carbonyl (C=O) groups is 1. The number of rotatable bonds is 7. The first kappa shape index (κ1) is 27.4. The molecule has 1 amide bonds. The zero-order chi connectivity index (χ0) is 28.2. The van der Waals surface area contributed by atoms with Gasteiger partial charge in [0.1, 0.15) is 11.4 Å². The molecule has 0 unspecified atom stereocenters. The molecule has 1 saturated heterocycles. The highest BCUT2D eigenvalue weighted by molar-refractivity contribution is 8.18. The molecule has 0 saturated carbocycles. The van der Waals surface area contributed by atoms with Gasteiger partial charge in [-0.25, -0.2) is 4.68 Å². The van der Waals surface area contributed by atoms with Crippen LogP contribution in [0.5, 0.6) is 5.75 Å². The van der Waals surface area contributed by atoms with Crippen LogP contribution in [0.15, 0.2) is 95.0 Å². The highest BCUT2D eigenvalue weighted by Crippen LogP contribution is 2.36. The number of amidine groups is 1. The monoisotopic (exact) mass is 582 g/mol. The Bertz CT molecular complexity index is 1590. The first-order valence-corrected chi connectivity index (χ1v) is 15.2. The molecular formula is C33H31ClN4O2S. The third kappa shape index (κ3) is 6.26. The summed E-state index contributed by atoms with van der Waals surface area (Å²) >= 11 is 7.98. The second-order valence-electron chi connectivity index (χ2n) is 10.2. The van der Waals surface area contributed by atoms with E-state index in [1.807, 2.05) is 72.4 Å². The van der Waals surface area contributed by atoms with Crippen molar-refractivity contribution >= 4 is 40.5 Å². The summed E-state index contributed by atoms with van der Waals surface area (Å²) in [5.74, 6) is 1.07. The molecule has 0 radical (unpaired) electrons. The molecule has 6 nitrogen and oxygen atoms in total. The highest BCUT2D eigenvalue weighted by Gasteiger charge is 2.29. The maximum absolute atomic E-state index is 13.1. The third-order valence-electron chi connectivity index (χ3n) is 7.42. The van der Waals surface area contributed by atoms with Gasteiger partial charge in [0.05, 0.1) is 22.2 Å². The lowest BCUT2D eigenvalue weighted by molar-refractivity contribution is -0.113. The van der Waals surface area contributed by atoms with E-state index in [0.717, 1.165) is 60.0 Å². The normalized spacial score (nSPS) is 16.8. The van der Waals surface area contributed by atoms with Gasteiger partial charge >= 0.3 is 0 Å². The number of hydrogen-bond acceptors (Lipinski definition) is 5. The number of thioether (sulfide) groups is 1. The summed E-state index contributed by atoms with van der Waals surface area (Å²) in [6.45, 7) is 4.28. The second kappa shape index (κ2) is 12.4. The molecule has 6 rings (SSSR count). The minimum atomic E-state index is -0.209. The number of likely N-dealkylation sites (tertiary alicyclic amines) is 1. The SMILES string of the molecule is CCOc1ccc(-c2nn(-c3ccccc3)cc2/C=C2\SC(N3CCC(Cc4ccccc4)CC3)=NC2=O)cc1Cl. The molecule has 41 heavy (non-hydrogen) atoms. The standard InChI is InChI=1S/C33H31ClN4O2S/c1-2-40-29-14-13-25(20-28(29)34)31-26(22-38(36-31)27-11-7-4-8-12-27)21-30-32(39)35-33(41-30)37-17-15-24(16-18-37)19-23-9-5-3-6-10-23/h3-14,20-22,24H,2,15-19H2,1H3/b30-21-. The van der Waals surface area contributed by atoms with E-state index in [9.17, 15) is 4.79 Å². The third-order valence-corrected chi connectivity index (χ3v) is 8.76. The van der Waals surface area contributed by atoms with Crippen LogP contribution in [0.1, 0.15) is 30.9 Å². The number of halogens is 1. The van der Waals surface area contributed by atoms with E-state index in [1.54, 1.807) is 0 Å². The summed E-state index contributed by atoms with van der Waals surface area (Å²) in [5, 5.41) is 6.20. The van der Waals surface area contributed by atoms with Gasteiger partial charge in [-0.2, -0.15) is 10.1 Å². The maximum Gasteiger partial charge on any atom is 0.286 e. The summed E-state index contributed by atoms with van der Waals surface area (Å²) in [5.41, 5.74) is 4.71. The number of ether oxygens (including phenoxy) is 1. The average molecular weight is 583 g/mol. The quantitative estimate of drug-likeness (QED) is 0.211. The van der Waals surface area contributed by atoms with Crippen molar-refractivity contribution in [1.82, 2.24) is 14.7 Å². The Labute approximate surface area is 249 Å². The maximum atomic E-state index is 13.1. The summed E-state index contributed by atoms with van der Waals surface area (Å²) in [4.78, 5) is 20.4. The summed E-state index contributed by atoms with van der Waals surface area (Å²) in [6.07, 6.45) is 7.13. The minimum absolute atomic E-state index is 0.209. The summed E-state index contributed by atoms with van der Waals surface area (Å²) in [6, 6.07) is 26.3. The van der Waals surface area contributed by atoms with Crippen LogP contribution in [0, 0.1) is 5.92 Å². The number of benzene rings is 3. The topological polar surface area (TPSA) is 59.7 Å². The van der Waals surface area contributed by atoms with Gasteiger partial charge in [-0.05, 0) is 85.8 Å². The largest absolute Gasteiger partial charge is 0.492 e. The Hall–Kier alpha value is -3.81. The number of amides is 1. The molecule has 1 aromatic heterocycles. The number of nitrogens with zero attached hydrogens (tertiary/aromatic N) is 4. The molecular weight excluding hydrogens is 552 g/mol. The van der Waals surface area contributed by atoms with Crippen molar-refractivity contribution in [3.05, 3.63) is 106 Å². The van der Waals surface area contributed by atoms with E-state index < -0.39 is 0 Å². The van der Waals surface area contributed by atoms with E-state index in [2.05, 4.69) is 40.2 Å². The first-order chi connectivity index (χ1) is 20.1. The van der Waals surface area contributed by atoms with Gasteiger partial charge in [0, 0.05) is 30.4 Å². The first-order valence-electron chi connectivity index (χ1n) is 14.0. The average Bonchev–Trinajstić information content (AvgIpc) is 3.59. The predicted molar refractivity (Wildman–Crippen MR) is 168 cm³/mol. The zero-order valence-electron chi connectivity index (χ0n) is 22.9. The Morgan fingerprint density at radius 2 is 1.76 bits per heavy atom. The number of para-hydroxylation sites is 1. The molecule has 1 fully saturated rings. The molecule has 2 aliphatic heterocycles. The van der Waals surface area contributed by atoms with E-state index in [1.165, 1.54) is 17.3 Å². The summed E-state index contributed by atoms with van der Waals surface area (Å²) < 4.78 is 7.45. The van der Waals surface area contributed by atoms with Crippen LogP contribution in [-0.2, 0) is 11.2 Å². The molecule has 8 heteroatoms. The van der Waals surface area contributed by atoms with E-state index >= 15 is 0 Å². The van der Waals surface area contributed by atoms with E-state index in [0.29, 0.717) is 28.2 Å². The predicted octanol–water partition coefficient (Wildman–Crippen LogP) is 7.52. The number of aromatic nitrogens is 2. The molecule has 0 bridgehead atoms. The minimum Gasteiger partial charge on any atom is -0.492 e. The fraction of sp³-hybridized carbons (Fsp3) is 0.242. The van der Waals surface area contributed by atoms with Gasteiger partial charge in [-0.3, -0.25) is 4.79 Å². The molecule has 3 heterocycles. The molecule has 0 atom stereocenters. The number of carbonyl (C=O) groups excluding carboxylic acids is 1. The molecule has 4 aromatic rings. The van der Waals surface area contributed by atoms with Gasteiger partial charge < -0.3 is 9.64 Å². The van der Waals surface area contributed by atoms with Crippen LogP contribution in [0.25, 0.3) is 23.0 Å². The Morgan fingerprint density at radius 3 is 2.46 bits per heavy atom. The van der Waals surface area contributed by atoms with Crippen molar-refractivity contribution in [3.63, 3.8) is 0 Å². The fourth-order valence-corrected chi connectivity index (χ4v) is 6.49. The lowest BCUT2D eigenvalue weighted by Crippen LogP contribution is -2.37. The van der Waals surface area contributed by atoms with Crippen LogP contribution in [0.4, 0.5) is 0 Å². The van der Waals surface area contributed by atoms with Gasteiger partial charge in [0.2, 0.25) is 0 Å². The Balaban J connectivity index is 1.22. The molecule has 0 aliphatic carbocycles. The van der Waals surface area contributed by atoms with Crippen LogP contribution < -0.4 is 4.74 Å². The molecule has 0 N–H and O–H groups in total. The van der Waals surface area contributed by atoms with E-state index in [4.69, 9.17) is 21.4 Å². The van der Waals surface area contributed by atoms with Crippen molar-refractivity contribution in [1.29, 1.82) is 0 Å². The van der Waals surface area contributed by atoms with Gasteiger partial charge in [-0.15, -0.1) is 0 Å². The van der Waals surface area contributed by atoms with Crippen LogP contribution >= 0.6 is 23.4 Å². The van der Waals surface area contributed by atoms with Gasteiger partial charge in [-0.1, -0.05) is 60.1 Å². The van der Waals surface area contributed by atoms with Crippen LogP contribution in [-0.4, -0.2) is 45.5 Å². The number of aliphatic imine (C=N–C) groups is 1. The lowest BCUT2D eigenvalue weighted by Gasteiger charge is -2.32. The molecule has 208 valence electrons. The number of hydrogen-bond donors (Lipinski definition) is 0. The second-order valence-corrected chi connectivity index (χ2v) is 11.6.